The van der Waals surface area contributed by atoms with Gasteiger partial charge < -0.3 is 0 Å². The number of hydrogen-bond donors (Lipinski definition) is 1. The summed E-state index contributed by atoms with van der Waals surface area (Å²) in [5.41, 5.74) is -1.42. The Morgan fingerprint density at radius 2 is 2.00 bits per heavy atom. The van der Waals surface area contributed by atoms with Crippen LogP contribution in [0.15, 0.2) is 18.3 Å². The highest BCUT2D eigenvalue weighted by atomic mass is 32.2. The molecule has 0 unspecified atom stereocenters. The molecule has 0 atom stereocenters. The van der Waals surface area contributed by atoms with Crippen molar-refractivity contribution in [2.75, 3.05) is 5.75 Å². The van der Waals surface area contributed by atoms with Gasteiger partial charge in [0, 0.05) is 6.20 Å². The van der Waals surface area contributed by atoms with E-state index in [1.807, 2.05) is 0 Å². The van der Waals surface area contributed by atoms with Crippen molar-refractivity contribution in [3.05, 3.63) is 29.6 Å². The SMILES string of the molecule is CCS(=O)(=O)NC(=O)c1ccc(C(F)(F)F)nc1. The van der Waals surface area contributed by atoms with E-state index in [0.29, 0.717) is 12.3 Å². The minimum atomic E-state index is -4.61. The van der Waals surface area contributed by atoms with Gasteiger partial charge >= 0.3 is 6.18 Å². The molecule has 1 aromatic rings. The van der Waals surface area contributed by atoms with Crippen molar-refractivity contribution in [1.29, 1.82) is 0 Å². The lowest BCUT2D eigenvalue weighted by atomic mass is 10.2. The van der Waals surface area contributed by atoms with Gasteiger partial charge in [-0.3, -0.25) is 9.78 Å². The maximum atomic E-state index is 12.2. The van der Waals surface area contributed by atoms with Crippen LogP contribution in [0.25, 0.3) is 0 Å². The van der Waals surface area contributed by atoms with Crippen molar-refractivity contribution in [2.24, 2.45) is 0 Å². The summed E-state index contributed by atoms with van der Waals surface area (Å²) in [5, 5.41) is 0. The smallest absolute Gasteiger partial charge is 0.268 e. The Kier molecular flexibility index (Phi) is 3.95. The Morgan fingerprint density at radius 1 is 1.39 bits per heavy atom. The summed E-state index contributed by atoms with van der Waals surface area (Å²) in [7, 11) is -3.75. The number of sulfonamides is 1. The van der Waals surface area contributed by atoms with Crippen molar-refractivity contribution >= 4 is 15.9 Å². The van der Waals surface area contributed by atoms with Crippen LogP contribution in [0.5, 0.6) is 0 Å². The molecule has 100 valence electrons. The molecule has 0 aliphatic carbocycles. The Hall–Kier alpha value is -1.64. The normalized spacial score (nSPS) is 12.2. The Labute approximate surface area is 101 Å². The van der Waals surface area contributed by atoms with Gasteiger partial charge in [-0.25, -0.2) is 13.1 Å². The third-order valence-electron chi connectivity index (χ3n) is 1.94. The van der Waals surface area contributed by atoms with Gasteiger partial charge in [-0.2, -0.15) is 13.2 Å². The summed E-state index contributed by atoms with van der Waals surface area (Å²) in [4.78, 5) is 14.4. The summed E-state index contributed by atoms with van der Waals surface area (Å²) in [6, 6.07) is 1.46. The summed E-state index contributed by atoms with van der Waals surface area (Å²) < 4.78 is 60.4. The number of carbonyl (C=O) groups excluding carboxylic acids is 1. The number of rotatable bonds is 3. The third-order valence-corrected chi connectivity index (χ3v) is 3.20. The average molecular weight is 282 g/mol. The average Bonchev–Trinajstić information content (AvgIpc) is 2.27. The van der Waals surface area contributed by atoms with Crippen LogP contribution in [-0.2, 0) is 16.2 Å². The molecule has 0 saturated carbocycles. The molecule has 0 aromatic carbocycles. The van der Waals surface area contributed by atoms with Gasteiger partial charge in [0.2, 0.25) is 10.0 Å². The predicted molar refractivity (Wildman–Crippen MR) is 56.2 cm³/mol. The van der Waals surface area contributed by atoms with Crippen LogP contribution < -0.4 is 4.72 Å². The zero-order chi connectivity index (χ0) is 14.0. The number of halogens is 3. The van der Waals surface area contributed by atoms with Crippen LogP contribution in [0.2, 0.25) is 0 Å². The molecule has 1 heterocycles. The maximum Gasteiger partial charge on any atom is 0.433 e. The largest absolute Gasteiger partial charge is 0.433 e. The zero-order valence-electron chi connectivity index (χ0n) is 9.15. The summed E-state index contributed by atoms with van der Waals surface area (Å²) in [6.07, 6.45) is -3.94. The second kappa shape index (κ2) is 4.92. The van der Waals surface area contributed by atoms with Gasteiger partial charge in [0.15, 0.2) is 0 Å². The van der Waals surface area contributed by atoms with Crippen LogP contribution in [0.3, 0.4) is 0 Å². The molecule has 1 aromatic heterocycles. The van der Waals surface area contributed by atoms with Gasteiger partial charge in [-0.15, -0.1) is 0 Å². The van der Waals surface area contributed by atoms with Crippen LogP contribution in [0.4, 0.5) is 13.2 Å². The van der Waals surface area contributed by atoms with Gasteiger partial charge in [0.25, 0.3) is 5.91 Å². The number of nitrogens with one attached hydrogen (secondary N) is 1. The van der Waals surface area contributed by atoms with E-state index in [2.05, 4.69) is 4.98 Å². The fraction of sp³-hybridized carbons (Fsp3) is 0.333. The second-order valence-electron chi connectivity index (χ2n) is 3.26. The second-order valence-corrected chi connectivity index (χ2v) is 5.28. The van der Waals surface area contributed by atoms with Crippen molar-refractivity contribution in [2.45, 2.75) is 13.1 Å². The van der Waals surface area contributed by atoms with E-state index in [4.69, 9.17) is 0 Å². The van der Waals surface area contributed by atoms with Crippen molar-refractivity contribution in [3.63, 3.8) is 0 Å². The van der Waals surface area contributed by atoms with Crippen molar-refractivity contribution in [3.8, 4) is 0 Å². The fourth-order valence-corrected chi connectivity index (χ4v) is 1.51. The lowest BCUT2D eigenvalue weighted by molar-refractivity contribution is -0.141. The fourth-order valence-electron chi connectivity index (χ4n) is 0.968. The molecule has 0 saturated heterocycles. The molecule has 5 nitrogen and oxygen atoms in total. The molecule has 0 aliphatic heterocycles. The Morgan fingerprint density at radius 3 is 2.39 bits per heavy atom. The van der Waals surface area contributed by atoms with Crippen LogP contribution >= 0.6 is 0 Å². The summed E-state index contributed by atoms with van der Waals surface area (Å²) in [5.74, 6) is -1.33. The Balaban J connectivity index is 2.90. The first-order valence-corrected chi connectivity index (χ1v) is 6.39. The van der Waals surface area contributed by atoms with E-state index in [1.165, 1.54) is 6.92 Å². The first-order chi connectivity index (χ1) is 8.15. The number of carbonyl (C=O) groups is 1. The lowest BCUT2D eigenvalue weighted by Crippen LogP contribution is -2.31. The molecular formula is C9H9F3N2O3S. The number of nitrogens with zero attached hydrogens (tertiary/aromatic N) is 1. The number of aromatic nitrogens is 1. The van der Waals surface area contributed by atoms with E-state index >= 15 is 0 Å². The Bertz CT molecular complexity index is 537. The highest BCUT2D eigenvalue weighted by Crippen LogP contribution is 2.27. The van der Waals surface area contributed by atoms with Crippen molar-refractivity contribution in [1.82, 2.24) is 9.71 Å². The molecule has 1 amide bonds. The number of amides is 1. The van der Waals surface area contributed by atoms with Gasteiger partial charge in [0.1, 0.15) is 5.69 Å². The molecule has 18 heavy (non-hydrogen) atoms. The molecule has 0 fully saturated rings. The molecule has 1 N–H and O–H groups in total. The van der Waals surface area contributed by atoms with Crippen LogP contribution in [0.1, 0.15) is 23.0 Å². The minimum absolute atomic E-state index is 0.264. The molecule has 0 radical (unpaired) electrons. The van der Waals surface area contributed by atoms with E-state index in [1.54, 1.807) is 4.72 Å². The predicted octanol–water partition coefficient (Wildman–Crippen LogP) is 1.18. The zero-order valence-corrected chi connectivity index (χ0v) is 9.97. The molecule has 0 spiro atoms. The van der Waals surface area contributed by atoms with Gasteiger partial charge in [0.05, 0.1) is 11.3 Å². The highest BCUT2D eigenvalue weighted by Gasteiger charge is 2.32. The van der Waals surface area contributed by atoms with E-state index in [-0.39, 0.29) is 11.3 Å². The molecule has 9 heteroatoms. The first kappa shape index (κ1) is 14.4. The first-order valence-electron chi connectivity index (χ1n) is 4.74. The van der Waals surface area contributed by atoms with Crippen molar-refractivity contribution < 1.29 is 26.4 Å². The quantitative estimate of drug-likeness (QED) is 0.903. The number of alkyl halides is 3. The number of pyridine rings is 1. The molecular weight excluding hydrogens is 273 g/mol. The summed E-state index contributed by atoms with van der Waals surface area (Å²) >= 11 is 0. The molecule has 1 rings (SSSR count). The highest BCUT2D eigenvalue weighted by molar-refractivity contribution is 7.90. The minimum Gasteiger partial charge on any atom is -0.268 e. The van der Waals surface area contributed by atoms with E-state index in [9.17, 15) is 26.4 Å². The molecule has 0 bridgehead atoms. The van der Waals surface area contributed by atoms with E-state index < -0.39 is 27.8 Å². The lowest BCUT2D eigenvalue weighted by Gasteiger charge is -2.07. The van der Waals surface area contributed by atoms with E-state index in [0.717, 1.165) is 6.07 Å². The summed E-state index contributed by atoms with van der Waals surface area (Å²) in [6.45, 7) is 1.32. The standard InChI is InChI=1S/C9H9F3N2O3S/c1-2-18(16,17)14-8(15)6-3-4-7(13-5-6)9(10,11)12/h3-5H,2H2,1H3,(H,14,15). The number of hydrogen-bond acceptors (Lipinski definition) is 4. The molecule has 0 aliphatic rings. The topological polar surface area (TPSA) is 76.1 Å². The van der Waals surface area contributed by atoms with Gasteiger partial charge in [-0.05, 0) is 19.1 Å². The van der Waals surface area contributed by atoms with Crippen LogP contribution in [0, 0.1) is 0 Å². The third kappa shape index (κ3) is 3.69. The monoisotopic (exact) mass is 282 g/mol. The maximum absolute atomic E-state index is 12.2. The van der Waals surface area contributed by atoms with Gasteiger partial charge in [-0.1, -0.05) is 0 Å². The van der Waals surface area contributed by atoms with Crippen LogP contribution in [-0.4, -0.2) is 25.1 Å².